The van der Waals surface area contributed by atoms with Crippen molar-refractivity contribution in [1.82, 2.24) is 10.1 Å². The van der Waals surface area contributed by atoms with Crippen molar-refractivity contribution in [3.63, 3.8) is 0 Å². The first-order valence-corrected chi connectivity index (χ1v) is 8.96. The molecule has 0 unspecified atom stereocenters. The van der Waals surface area contributed by atoms with Gasteiger partial charge in [0.05, 0.1) is 14.2 Å². The Kier molecular flexibility index (Phi) is 8.84. The van der Waals surface area contributed by atoms with Gasteiger partial charge in [0.15, 0.2) is 17.5 Å². The predicted molar refractivity (Wildman–Crippen MR) is 123 cm³/mol. The van der Waals surface area contributed by atoms with Crippen LogP contribution in [0.15, 0.2) is 52.0 Å². The number of anilines is 1. The van der Waals surface area contributed by atoms with Crippen molar-refractivity contribution in [1.29, 1.82) is 0 Å². The van der Waals surface area contributed by atoms with Gasteiger partial charge in [0.2, 0.25) is 11.7 Å². The van der Waals surface area contributed by atoms with Crippen LogP contribution in [0.25, 0.3) is 11.4 Å². The number of methoxy groups -OCH3 is 2. The summed E-state index contributed by atoms with van der Waals surface area (Å²) in [7, 11) is 3.14. The standard InChI is InChI=1S/C20H22FN5O3.HI/c1-27-16-10-9-15(12-17(16)28-2)24-20(22)23-11-3-4-18-25-19(26-29-18)13-5-7-14(21)8-6-13;/h5-10,12H,3-4,11H2,1-2H3,(H3,22,23,24);1H. The van der Waals surface area contributed by atoms with E-state index in [0.717, 1.165) is 5.69 Å². The second-order valence-electron chi connectivity index (χ2n) is 6.08. The summed E-state index contributed by atoms with van der Waals surface area (Å²) < 4.78 is 28.7. The molecule has 8 nitrogen and oxygen atoms in total. The molecule has 0 fully saturated rings. The number of rotatable bonds is 8. The summed E-state index contributed by atoms with van der Waals surface area (Å²) in [5.41, 5.74) is 7.36. The topological polar surface area (TPSA) is 108 Å². The van der Waals surface area contributed by atoms with Gasteiger partial charge in [-0.25, -0.2) is 4.39 Å². The van der Waals surface area contributed by atoms with E-state index in [-0.39, 0.29) is 35.8 Å². The van der Waals surface area contributed by atoms with E-state index in [1.165, 1.54) is 12.1 Å². The predicted octanol–water partition coefficient (Wildman–Crippen LogP) is 3.87. The van der Waals surface area contributed by atoms with Crippen LogP contribution in [0.4, 0.5) is 10.1 Å². The highest BCUT2D eigenvalue weighted by molar-refractivity contribution is 14.0. The first-order chi connectivity index (χ1) is 14.1. The van der Waals surface area contributed by atoms with E-state index in [0.29, 0.717) is 48.2 Å². The van der Waals surface area contributed by atoms with Crippen LogP contribution in [0.2, 0.25) is 0 Å². The SMILES string of the molecule is COc1ccc(NC(N)=NCCCc2nc(-c3ccc(F)cc3)no2)cc1OC.I. The van der Waals surface area contributed by atoms with Gasteiger partial charge in [0.1, 0.15) is 5.82 Å². The Bertz CT molecular complexity index is 979. The van der Waals surface area contributed by atoms with Crippen LogP contribution in [0.3, 0.4) is 0 Å². The lowest BCUT2D eigenvalue weighted by Crippen LogP contribution is -2.22. The fraction of sp³-hybridized carbons (Fsp3) is 0.250. The molecule has 0 radical (unpaired) electrons. The molecule has 0 aliphatic heterocycles. The van der Waals surface area contributed by atoms with Crippen molar-refractivity contribution in [3.05, 3.63) is 54.2 Å². The van der Waals surface area contributed by atoms with Gasteiger partial charge in [-0.2, -0.15) is 4.98 Å². The highest BCUT2D eigenvalue weighted by Gasteiger charge is 2.09. The monoisotopic (exact) mass is 527 g/mol. The van der Waals surface area contributed by atoms with Crippen LogP contribution < -0.4 is 20.5 Å². The molecule has 3 rings (SSSR count). The van der Waals surface area contributed by atoms with E-state index in [4.69, 9.17) is 19.7 Å². The minimum absolute atomic E-state index is 0. The third-order valence-electron chi connectivity index (χ3n) is 4.06. The maximum Gasteiger partial charge on any atom is 0.227 e. The Morgan fingerprint density at radius 2 is 1.87 bits per heavy atom. The van der Waals surface area contributed by atoms with Crippen molar-refractivity contribution in [2.24, 2.45) is 10.7 Å². The normalized spacial score (nSPS) is 11.0. The summed E-state index contributed by atoms with van der Waals surface area (Å²) in [4.78, 5) is 8.60. The lowest BCUT2D eigenvalue weighted by atomic mass is 10.2. The van der Waals surface area contributed by atoms with Crippen LogP contribution in [0.5, 0.6) is 11.5 Å². The summed E-state index contributed by atoms with van der Waals surface area (Å²) in [6.45, 7) is 0.486. The minimum atomic E-state index is -0.311. The van der Waals surface area contributed by atoms with Crippen LogP contribution in [-0.4, -0.2) is 36.9 Å². The van der Waals surface area contributed by atoms with Crippen molar-refractivity contribution >= 4 is 35.6 Å². The molecule has 0 amide bonds. The first-order valence-electron chi connectivity index (χ1n) is 8.96. The molecule has 0 bridgehead atoms. The molecular weight excluding hydrogens is 504 g/mol. The van der Waals surface area contributed by atoms with E-state index in [2.05, 4.69) is 20.4 Å². The molecule has 2 aromatic carbocycles. The Morgan fingerprint density at radius 3 is 2.57 bits per heavy atom. The molecule has 0 saturated heterocycles. The number of guanidine groups is 1. The third kappa shape index (κ3) is 6.31. The first kappa shape index (κ1) is 23.4. The molecule has 1 aromatic heterocycles. The zero-order chi connectivity index (χ0) is 20.6. The lowest BCUT2D eigenvalue weighted by molar-refractivity contribution is 0.355. The molecule has 0 aliphatic rings. The maximum atomic E-state index is 13.0. The Balaban J connectivity index is 0.00000320. The maximum absolute atomic E-state index is 13.0. The Hall–Kier alpha value is -2.89. The van der Waals surface area contributed by atoms with E-state index < -0.39 is 0 Å². The number of nitrogens with zero attached hydrogens (tertiary/aromatic N) is 3. The number of nitrogens with two attached hydrogens (primary N) is 1. The van der Waals surface area contributed by atoms with Crippen molar-refractivity contribution in [2.75, 3.05) is 26.1 Å². The van der Waals surface area contributed by atoms with Crippen molar-refractivity contribution in [3.8, 4) is 22.9 Å². The average Bonchev–Trinajstić information content (AvgIpc) is 3.20. The minimum Gasteiger partial charge on any atom is -0.493 e. The molecule has 0 spiro atoms. The Morgan fingerprint density at radius 1 is 1.13 bits per heavy atom. The number of ether oxygens (including phenoxy) is 2. The van der Waals surface area contributed by atoms with E-state index in [1.807, 2.05) is 6.07 Å². The van der Waals surface area contributed by atoms with Gasteiger partial charge < -0.3 is 25.0 Å². The molecular formula is C20H23FIN5O3. The van der Waals surface area contributed by atoms with Crippen LogP contribution >= 0.6 is 24.0 Å². The molecule has 1 heterocycles. The molecule has 10 heteroatoms. The number of aromatic nitrogens is 2. The number of nitrogens with one attached hydrogen (secondary N) is 1. The Labute approximate surface area is 190 Å². The molecule has 0 aliphatic carbocycles. The van der Waals surface area contributed by atoms with Gasteiger partial charge in [-0.1, -0.05) is 5.16 Å². The van der Waals surface area contributed by atoms with Crippen LogP contribution in [0.1, 0.15) is 12.3 Å². The highest BCUT2D eigenvalue weighted by atomic mass is 127. The number of hydrogen-bond acceptors (Lipinski definition) is 6. The van der Waals surface area contributed by atoms with Gasteiger partial charge in [-0.05, 0) is 42.8 Å². The van der Waals surface area contributed by atoms with E-state index in [1.54, 1.807) is 38.5 Å². The van der Waals surface area contributed by atoms with Gasteiger partial charge in [-0.15, -0.1) is 24.0 Å². The average molecular weight is 527 g/mol. The van der Waals surface area contributed by atoms with E-state index in [9.17, 15) is 4.39 Å². The zero-order valence-corrected chi connectivity index (χ0v) is 18.9. The quantitative estimate of drug-likeness (QED) is 0.198. The lowest BCUT2D eigenvalue weighted by Gasteiger charge is -2.10. The fourth-order valence-corrected chi connectivity index (χ4v) is 2.60. The molecule has 30 heavy (non-hydrogen) atoms. The number of hydrogen-bond donors (Lipinski definition) is 2. The fourth-order valence-electron chi connectivity index (χ4n) is 2.60. The van der Waals surface area contributed by atoms with Crippen LogP contribution in [0, 0.1) is 5.82 Å². The smallest absolute Gasteiger partial charge is 0.227 e. The van der Waals surface area contributed by atoms with Gasteiger partial charge in [-0.3, -0.25) is 4.99 Å². The van der Waals surface area contributed by atoms with Crippen LogP contribution in [-0.2, 0) is 6.42 Å². The van der Waals surface area contributed by atoms with Gasteiger partial charge in [0.25, 0.3) is 0 Å². The molecule has 160 valence electrons. The molecule has 3 N–H and O–H groups in total. The number of halogens is 2. The second kappa shape index (κ2) is 11.3. The zero-order valence-electron chi connectivity index (χ0n) is 16.6. The summed E-state index contributed by atoms with van der Waals surface area (Å²) in [5.74, 6) is 2.13. The molecule has 3 aromatic rings. The summed E-state index contributed by atoms with van der Waals surface area (Å²) in [5, 5.41) is 6.92. The number of aryl methyl sites for hydroxylation is 1. The van der Waals surface area contributed by atoms with Crippen molar-refractivity contribution in [2.45, 2.75) is 12.8 Å². The van der Waals surface area contributed by atoms with Gasteiger partial charge in [0, 0.05) is 30.3 Å². The molecule has 0 saturated carbocycles. The second-order valence-corrected chi connectivity index (χ2v) is 6.08. The molecule has 0 atom stereocenters. The highest BCUT2D eigenvalue weighted by Crippen LogP contribution is 2.29. The third-order valence-corrected chi connectivity index (χ3v) is 4.06. The van der Waals surface area contributed by atoms with E-state index >= 15 is 0 Å². The van der Waals surface area contributed by atoms with Crippen molar-refractivity contribution < 1.29 is 18.4 Å². The largest absolute Gasteiger partial charge is 0.493 e. The summed E-state index contributed by atoms with van der Waals surface area (Å²) in [6.07, 6.45) is 1.24. The van der Waals surface area contributed by atoms with Gasteiger partial charge >= 0.3 is 0 Å². The summed E-state index contributed by atoms with van der Waals surface area (Å²) in [6, 6.07) is 11.3. The number of aliphatic imine (C=N–C) groups is 1. The number of benzene rings is 2. The summed E-state index contributed by atoms with van der Waals surface area (Å²) >= 11 is 0.